The third kappa shape index (κ3) is 3.17. The van der Waals surface area contributed by atoms with E-state index in [9.17, 15) is 9.59 Å². The van der Waals surface area contributed by atoms with Crippen LogP contribution in [0.5, 0.6) is 0 Å². The number of hydrogen-bond acceptors (Lipinski definition) is 3. The molecule has 1 atom stereocenters. The topological polar surface area (TPSA) is 55.4 Å². The maximum atomic E-state index is 11.8. The van der Waals surface area contributed by atoms with E-state index < -0.39 is 11.7 Å². The number of aryl methyl sites for hydroxylation is 1. The molecule has 1 aromatic rings. The van der Waals surface area contributed by atoms with Gasteiger partial charge in [0.25, 0.3) is 5.91 Å². The molecule has 1 heterocycles. The molecule has 1 unspecified atom stereocenters. The van der Waals surface area contributed by atoms with Crippen molar-refractivity contribution in [1.29, 1.82) is 0 Å². The molecule has 1 N–H and O–H groups in total. The summed E-state index contributed by atoms with van der Waals surface area (Å²) in [5.74, 6) is -1.05. The molecule has 1 aliphatic heterocycles. The first kappa shape index (κ1) is 12.8. The number of ketones is 1. The number of benzene rings is 1. The van der Waals surface area contributed by atoms with E-state index >= 15 is 0 Å². The molecule has 1 saturated heterocycles. The van der Waals surface area contributed by atoms with Crippen molar-refractivity contribution >= 4 is 11.7 Å². The number of hydrogen-bond donors (Lipinski definition) is 1. The van der Waals surface area contributed by atoms with Crippen molar-refractivity contribution in [1.82, 2.24) is 5.32 Å². The molecule has 4 nitrogen and oxygen atoms in total. The van der Waals surface area contributed by atoms with Crippen molar-refractivity contribution in [3.8, 4) is 0 Å². The Morgan fingerprint density at radius 1 is 1.33 bits per heavy atom. The molecule has 4 heteroatoms. The minimum Gasteiger partial charge on any atom is -0.376 e. The average Bonchev–Trinajstić information content (AvgIpc) is 2.89. The van der Waals surface area contributed by atoms with Gasteiger partial charge in [-0.3, -0.25) is 9.59 Å². The van der Waals surface area contributed by atoms with Gasteiger partial charge in [0, 0.05) is 18.7 Å². The van der Waals surface area contributed by atoms with E-state index in [1.54, 1.807) is 12.1 Å². The van der Waals surface area contributed by atoms with Crippen molar-refractivity contribution in [3.05, 3.63) is 35.4 Å². The summed E-state index contributed by atoms with van der Waals surface area (Å²) in [5, 5.41) is 2.62. The number of carbonyl (C=O) groups excluding carboxylic acids is 2. The van der Waals surface area contributed by atoms with Crippen molar-refractivity contribution in [2.75, 3.05) is 13.2 Å². The zero-order valence-corrected chi connectivity index (χ0v) is 10.4. The van der Waals surface area contributed by atoms with Crippen LogP contribution in [0, 0.1) is 6.92 Å². The van der Waals surface area contributed by atoms with E-state index in [2.05, 4.69) is 5.32 Å². The summed E-state index contributed by atoms with van der Waals surface area (Å²) in [6, 6.07) is 6.98. The van der Waals surface area contributed by atoms with Gasteiger partial charge in [-0.1, -0.05) is 29.8 Å². The number of rotatable bonds is 4. The van der Waals surface area contributed by atoms with E-state index in [0.717, 1.165) is 25.0 Å². The van der Waals surface area contributed by atoms with Crippen molar-refractivity contribution in [3.63, 3.8) is 0 Å². The summed E-state index contributed by atoms with van der Waals surface area (Å²) >= 11 is 0. The first-order chi connectivity index (χ1) is 8.66. The Balaban J connectivity index is 1.88. The van der Waals surface area contributed by atoms with Gasteiger partial charge < -0.3 is 10.1 Å². The number of Topliss-reactive ketones (excluding diaryl/α,β-unsaturated/α-hetero) is 1. The minimum atomic E-state index is -0.561. The molecule has 96 valence electrons. The third-order valence-electron chi connectivity index (χ3n) is 3.03. The number of ether oxygens (including phenoxy) is 1. The van der Waals surface area contributed by atoms with Crippen LogP contribution in [-0.4, -0.2) is 30.9 Å². The summed E-state index contributed by atoms with van der Waals surface area (Å²) in [6.45, 7) is 3.09. The molecule has 2 rings (SSSR count). The zero-order valence-electron chi connectivity index (χ0n) is 10.4. The predicted octanol–water partition coefficient (Wildman–Crippen LogP) is 1.47. The summed E-state index contributed by atoms with van der Waals surface area (Å²) in [7, 11) is 0. The van der Waals surface area contributed by atoms with E-state index in [0.29, 0.717) is 12.1 Å². The lowest BCUT2D eigenvalue weighted by atomic mass is 10.1. The fourth-order valence-electron chi connectivity index (χ4n) is 1.93. The largest absolute Gasteiger partial charge is 0.376 e. The summed E-state index contributed by atoms with van der Waals surface area (Å²) in [6.07, 6.45) is 2.02. The number of amides is 1. The Bertz CT molecular complexity index is 433. The molecule has 1 amide bonds. The second-order valence-corrected chi connectivity index (χ2v) is 4.54. The molecule has 0 spiro atoms. The molecular weight excluding hydrogens is 230 g/mol. The van der Waals surface area contributed by atoms with E-state index in [-0.39, 0.29) is 6.10 Å². The quantitative estimate of drug-likeness (QED) is 0.647. The molecule has 0 bridgehead atoms. The van der Waals surface area contributed by atoms with Gasteiger partial charge in [-0.05, 0) is 19.8 Å². The van der Waals surface area contributed by atoms with Crippen LogP contribution in [0.1, 0.15) is 28.8 Å². The van der Waals surface area contributed by atoms with Gasteiger partial charge >= 0.3 is 0 Å². The summed E-state index contributed by atoms with van der Waals surface area (Å²) in [5.41, 5.74) is 1.48. The molecule has 1 aromatic carbocycles. The van der Waals surface area contributed by atoms with Gasteiger partial charge in [0.1, 0.15) is 0 Å². The first-order valence-corrected chi connectivity index (χ1v) is 6.17. The second kappa shape index (κ2) is 5.78. The highest BCUT2D eigenvalue weighted by Crippen LogP contribution is 2.10. The van der Waals surface area contributed by atoms with Crippen LogP contribution < -0.4 is 5.32 Å². The summed E-state index contributed by atoms with van der Waals surface area (Å²) < 4.78 is 5.38. The normalized spacial score (nSPS) is 18.6. The van der Waals surface area contributed by atoms with Gasteiger partial charge in [0.2, 0.25) is 5.78 Å². The average molecular weight is 247 g/mol. The lowest BCUT2D eigenvalue weighted by molar-refractivity contribution is -0.117. The Hall–Kier alpha value is -1.68. The SMILES string of the molecule is Cc1ccc(C(=O)C(=O)NCC2CCCO2)cc1. The van der Waals surface area contributed by atoms with Gasteiger partial charge in [-0.15, -0.1) is 0 Å². The molecule has 1 fully saturated rings. The highest BCUT2D eigenvalue weighted by Gasteiger charge is 2.20. The Labute approximate surface area is 106 Å². The van der Waals surface area contributed by atoms with Gasteiger partial charge in [0.15, 0.2) is 0 Å². The predicted molar refractivity (Wildman–Crippen MR) is 67.5 cm³/mol. The maximum absolute atomic E-state index is 11.8. The molecular formula is C14H17NO3. The fraction of sp³-hybridized carbons (Fsp3) is 0.429. The third-order valence-corrected chi connectivity index (χ3v) is 3.03. The van der Waals surface area contributed by atoms with Crippen LogP contribution in [0.25, 0.3) is 0 Å². The minimum absolute atomic E-state index is 0.0553. The smallest absolute Gasteiger partial charge is 0.292 e. The second-order valence-electron chi connectivity index (χ2n) is 4.54. The molecule has 1 aliphatic rings. The highest BCUT2D eigenvalue weighted by molar-refractivity contribution is 6.42. The van der Waals surface area contributed by atoms with Gasteiger partial charge in [-0.2, -0.15) is 0 Å². The Kier molecular flexibility index (Phi) is 4.10. The van der Waals surface area contributed by atoms with Crippen LogP contribution in [-0.2, 0) is 9.53 Å². The molecule has 0 aliphatic carbocycles. The first-order valence-electron chi connectivity index (χ1n) is 6.17. The lowest BCUT2D eigenvalue weighted by Gasteiger charge is -2.10. The van der Waals surface area contributed by atoms with Crippen molar-refractivity contribution in [2.45, 2.75) is 25.9 Å². The van der Waals surface area contributed by atoms with E-state index in [1.807, 2.05) is 19.1 Å². The molecule has 18 heavy (non-hydrogen) atoms. The number of carbonyl (C=O) groups is 2. The van der Waals surface area contributed by atoms with Crippen LogP contribution in [0.2, 0.25) is 0 Å². The maximum Gasteiger partial charge on any atom is 0.292 e. The van der Waals surface area contributed by atoms with Crippen LogP contribution in [0.3, 0.4) is 0 Å². The van der Waals surface area contributed by atoms with E-state index in [1.165, 1.54) is 0 Å². The van der Waals surface area contributed by atoms with Crippen LogP contribution >= 0.6 is 0 Å². The number of nitrogens with one attached hydrogen (secondary N) is 1. The fourth-order valence-corrected chi connectivity index (χ4v) is 1.93. The van der Waals surface area contributed by atoms with Crippen molar-refractivity contribution < 1.29 is 14.3 Å². The van der Waals surface area contributed by atoms with Gasteiger partial charge in [-0.25, -0.2) is 0 Å². The lowest BCUT2D eigenvalue weighted by Crippen LogP contribution is -2.36. The summed E-state index contributed by atoms with van der Waals surface area (Å²) in [4.78, 5) is 23.5. The van der Waals surface area contributed by atoms with Crippen LogP contribution in [0.15, 0.2) is 24.3 Å². The van der Waals surface area contributed by atoms with E-state index in [4.69, 9.17) is 4.74 Å². The molecule has 0 radical (unpaired) electrons. The van der Waals surface area contributed by atoms with Crippen molar-refractivity contribution in [2.24, 2.45) is 0 Å². The molecule has 0 aromatic heterocycles. The Morgan fingerprint density at radius 3 is 2.67 bits per heavy atom. The zero-order chi connectivity index (χ0) is 13.0. The standard InChI is InChI=1S/C14H17NO3/c1-10-4-6-11(7-5-10)13(16)14(17)15-9-12-3-2-8-18-12/h4-7,12H,2-3,8-9H2,1H3,(H,15,17). The van der Waals surface area contributed by atoms with Gasteiger partial charge in [0.05, 0.1) is 6.10 Å². The van der Waals surface area contributed by atoms with Crippen LogP contribution in [0.4, 0.5) is 0 Å². The monoisotopic (exact) mass is 247 g/mol. The Morgan fingerprint density at radius 2 is 2.06 bits per heavy atom. The molecule has 0 saturated carbocycles. The highest BCUT2D eigenvalue weighted by atomic mass is 16.5.